The maximum absolute atomic E-state index is 6.04. The number of aryl methyl sites for hydroxylation is 4. The highest BCUT2D eigenvalue weighted by atomic mass is 16.7. The van der Waals surface area contributed by atoms with Crippen LogP contribution in [0, 0.1) is 27.7 Å². The molecule has 0 saturated heterocycles. The Bertz CT molecular complexity index is 684. The second-order valence-corrected chi connectivity index (χ2v) is 6.40. The van der Waals surface area contributed by atoms with Crippen molar-refractivity contribution in [2.75, 3.05) is 0 Å². The summed E-state index contributed by atoms with van der Waals surface area (Å²) < 4.78 is 12.1. The van der Waals surface area contributed by atoms with Crippen molar-refractivity contribution in [1.82, 2.24) is 0 Å². The molecule has 0 spiro atoms. The van der Waals surface area contributed by atoms with E-state index in [4.69, 9.17) is 9.47 Å². The van der Waals surface area contributed by atoms with Crippen molar-refractivity contribution in [3.8, 4) is 11.5 Å². The van der Waals surface area contributed by atoms with Crippen molar-refractivity contribution >= 4 is 0 Å². The van der Waals surface area contributed by atoms with Crippen molar-refractivity contribution in [1.29, 1.82) is 0 Å². The summed E-state index contributed by atoms with van der Waals surface area (Å²) in [6, 6.07) is 8.88. The predicted molar refractivity (Wildman–Crippen MR) is 83.3 cm³/mol. The molecule has 0 aromatic heterocycles. The number of hydrogen-bond donors (Lipinski definition) is 0. The molecule has 2 aromatic rings. The van der Waals surface area contributed by atoms with Gasteiger partial charge in [-0.25, -0.2) is 0 Å². The molecule has 0 amide bonds. The number of rotatable bonds is 0. The molecular weight excluding hydrogens is 260 g/mol. The number of fused-ring (bicyclic) bond motifs is 6. The topological polar surface area (TPSA) is 18.5 Å². The van der Waals surface area contributed by atoms with E-state index >= 15 is 0 Å². The van der Waals surface area contributed by atoms with E-state index in [1.54, 1.807) is 0 Å². The standard InChI is InChI=1S/C19H20O2/c1-10-5-15-14-9-19(20-17(15)7-12(10)3)21-18-8-13(4)11(2)6-16(14)18/h5-8,14,19H,9H2,1-4H3. The molecule has 0 atom stereocenters. The Morgan fingerprint density at radius 3 is 1.62 bits per heavy atom. The molecule has 0 fully saturated rings. The Labute approximate surface area is 125 Å². The highest BCUT2D eigenvalue weighted by Gasteiger charge is 2.37. The van der Waals surface area contributed by atoms with Crippen molar-refractivity contribution in [3.05, 3.63) is 57.6 Å². The first kappa shape index (κ1) is 12.8. The van der Waals surface area contributed by atoms with Gasteiger partial charge in [-0.3, -0.25) is 0 Å². The van der Waals surface area contributed by atoms with Gasteiger partial charge >= 0.3 is 0 Å². The molecule has 2 heteroatoms. The molecule has 2 aliphatic rings. The maximum atomic E-state index is 6.04. The van der Waals surface area contributed by atoms with E-state index in [0.717, 1.165) is 17.9 Å². The van der Waals surface area contributed by atoms with E-state index in [9.17, 15) is 0 Å². The van der Waals surface area contributed by atoms with Crippen molar-refractivity contribution in [3.63, 3.8) is 0 Å². The van der Waals surface area contributed by atoms with E-state index in [2.05, 4.69) is 52.0 Å². The summed E-state index contributed by atoms with van der Waals surface area (Å²) in [4.78, 5) is 0. The minimum atomic E-state index is -0.154. The lowest BCUT2D eigenvalue weighted by Crippen LogP contribution is -2.35. The van der Waals surface area contributed by atoms with Crippen LogP contribution in [0.5, 0.6) is 11.5 Å². The quantitative estimate of drug-likeness (QED) is 0.704. The first-order chi connectivity index (χ1) is 10.0. The average Bonchev–Trinajstić information content (AvgIpc) is 2.43. The zero-order chi connectivity index (χ0) is 14.7. The van der Waals surface area contributed by atoms with Gasteiger partial charge in [-0.2, -0.15) is 0 Å². The van der Waals surface area contributed by atoms with Gasteiger partial charge in [0.1, 0.15) is 11.5 Å². The fourth-order valence-electron chi connectivity index (χ4n) is 3.39. The minimum Gasteiger partial charge on any atom is -0.455 e. The highest BCUT2D eigenvalue weighted by Crippen LogP contribution is 2.48. The predicted octanol–water partition coefficient (Wildman–Crippen LogP) is 4.55. The lowest BCUT2D eigenvalue weighted by Gasteiger charge is -2.38. The number of hydrogen-bond acceptors (Lipinski definition) is 2. The van der Waals surface area contributed by atoms with Gasteiger partial charge in [0.25, 0.3) is 0 Å². The van der Waals surface area contributed by atoms with Gasteiger partial charge in [0, 0.05) is 23.5 Å². The Hall–Kier alpha value is -1.96. The zero-order valence-electron chi connectivity index (χ0n) is 13.0. The second kappa shape index (κ2) is 4.27. The second-order valence-electron chi connectivity index (χ2n) is 6.40. The Kier molecular flexibility index (Phi) is 2.59. The summed E-state index contributed by atoms with van der Waals surface area (Å²) in [5.74, 6) is 2.37. The van der Waals surface area contributed by atoms with Crippen LogP contribution in [0.4, 0.5) is 0 Å². The molecule has 21 heavy (non-hydrogen) atoms. The van der Waals surface area contributed by atoms with Crippen LogP contribution in [0.15, 0.2) is 24.3 Å². The van der Waals surface area contributed by atoms with Crippen LogP contribution in [0.3, 0.4) is 0 Å². The van der Waals surface area contributed by atoms with E-state index in [1.807, 2.05) is 0 Å². The van der Waals surface area contributed by atoms with Crippen LogP contribution < -0.4 is 9.47 Å². The fraction of sp³-hybridized carbons (Fsp3) is 0.368. The minimum absolute atomic E-state index is 0.154. The molecule has 0 saturated carbocycles. The van der Waals surface area contributed by atoms with Gasteiger partial charge in [-0.1, -0.05) is 12.1 Å². The van der Waals surface area contributed by atoms with Gasteiger partial charge in [0.2, 0.25) is 6.29 Å². The summed E-state index contributed by atoms with van der Waals surface area (Å²) in [5.41, 5.74) is 7.81. The lowest BCUT2D eigenvalue weighted by atomic mass is 9.81. The summed E-state index contributed by atoms with van der Waals surface area (Å²) in [7, 11) is 0. The van der Waals surface area contributed by atoms with Gasteiger partial charge in [-0.15, -0.1) is 0 Å². The van der Waals surface area contributed by atoms with Crippen LogP contribution in [-0.2, 0) is 0 Å². The molecular formula is C19H20O2. The van der Waals surface area contributed by atoms with Gasteiger partial charge < -0.3 is 9.47 Å². The Morgan fingerprint density at radius 2 is 1.14 bits per heavy atom. The summed E-state index contributed by atoms with van der Waals surface area (Å²) in [5, 5.41) is 0. The van der Waals surface area contributed by atoms with E-state index in [0.29, 0.717) is 5.92 Å². The molecule has 0 N–H and O–H groups in total. The highest BCUT2D eigenvalue weighted by molar-refractivity contribution is 5.54. The molecule has 2 aliphatic heterocycles. The Morgan fingerprint density at radius 1 is 0.714 bits per heavy atom. The summed E-state index contributed by atoms with van der Waals surface area (Å²) >= 11 is 0. The fourth-order valence-corrected chi connectivity index (χ4v) is 3.39. The summed E-state index contributed by atoms with van der Waals surface area (Å²) in [6.45, 7) is 8.60. The van der Waals surface area contributed by atoms with Crippen molar-refractivity contribution in [2.45, 2.75) is 46.3 Å². The smallest absolute Gasteiger partial charge is 0.242 e. The number of benzene rings is 2. The SMILES string of the molecule is Cc1cc2c(cc1C)C1CC(O2)Oc2cc(C)c(C)cc21. The van der Waals surface area contributed by atoms with Gasteiger partial charge in [0.15, 0.2) is 0 Å². The van der Waals surface area contributed by atoms with E-state index in [1.165, 1.54) is 33.4 Å². The molecule has 0 unspecified atom stereocenters. The van der Waals surface area contributed by atoms with Gasteiger partial charge in [-0.05, 0) is 62.1 Å². The van der Waals surface area contributed by atoms with E-state index < -0.39 is 0 Å². The molecule has 2 heterocycles. The zero-order valence-corrected chi connectivity index (χ0v) is 13.0. The lowest BCUT2D eigenvalue weighted by molar-refractivity contribution is -0.0265. The number of ether oxygens (including phenoxy) is 2. The maximum Gasteiger partial charge on any atom is 0.242 e. The van der Waals surface area contributed by atoms with Crippen LogP contribution in [0.25, 0.3) is 0 Å². The van der Waals surface area contributed by atoms with Gasteiger partial charge in [0.05, 0.1) is 0 Å². The first-order valence-electron chi connectivity index (χ1n) is 7.58. The van der Waals surface area contributed by atoms with Crippen molar-refractivity contribution < 1.29 is 9.47 Å². The first-order valence-corrected chi connectivity index (χ1v) is 7.58. The normalized spacial score (nSPS) is 21.9. The molecule has 108 valence electrons. The van der Waals surface area contributed by atoms with Crippen molar-refractivity contribution in [2.24, 2.45) is 0 Å². The average molecular weight is 280 g/mol. The molecule has 0 radical (unpaired) electrons. The third kappa shape index (κ3) is 1.85. The Balaban J connectivity index is 1.93. The molecule has 4 rings (SSSR count). The molecule has 2 aromatic carbocycles. The monoisotopic (exact) mass is 280 g/mol. The van der Waals surface area contributed by atoms with Crippen LogP contribution in [0.1, 0.15) is 45.7 Å². The molecule has 0 aliphatic carbocycles. The third-order valence-electron chi connectivity index (χ3n) is 4.95. The third-order valence-corrected chi connectivity index (χ3v) is 4.95. The summed E-state index contributed by atoms with van der Waals surface area (Å²) in [6.07, 6.45) is 0.754. The molecule has 2 nitrogen and oxygen atoms in total. The van der Waals surface area contributed by atoms with E-state index in [-0.39, 0.29) is 6.29 Å². The van der Waals surface area contributed by atoms with Crippen LogP contribution in [0.2, 0.25) is 0 Å². The molecule has 2 bridgehead atoms. The van der Waals surface area contributed by atoms with Crippen LogP contribution in [-0.4, -0.2) is 6.29 Å². The van der Waals surface area contributed by atoms with Crippen LogP contribution >= 0.6 is 0 Å². The largest absolute Gasteiger partial charge is 0.455 e.